The minimum Gasteiger partial charge on any atom is -0.490 e. The molecule has 4 heteroatoms. The number of hydrogen-bond acceptors (Lipinski definition) is 2. The number of para-hydroxylation sites is 1. The Morgan fingerprint density at radius 2 is 2.00 bits per heavy atom. The van der Waals surface area contributed by atoms with Gasteiger partial charge < -0.3 is 9.64 Å². The highest BCUT2D eigenvalue weighted by molar-refractivity contribution is 6.30. The number of hydrogen-bond donors (Lipinski definition) is 0. The van der Waals surface area contributed by atoms with E-state index in [4.69, 9.17) is 16.3 Å². The zero-order valence-electron chi connectivity index (χ0n) is 14.2. The van der Waals surface area contributed by atoms with Gasteiger partial charge in [-0.05, 0) is 56.5 Å². The predicted octanol–water partition coefficient (Wildman–Crippen LogP) is 5.42. The van der Waals surface area contributed by atoms with Gasteiger partial charge >= 0.3 is 0 Å². The third-order valence-electron chi connectivity index (χ3n) is 4.16. The molecule has 0 atom stereocenters. The molecule has 1 heterocycles. The molecule has 2 aromatic rings. The van der Waals surface area contributed by atoms with Crippen LogP contribution in [0.25, 0.3) is 0 Å². The number of benzene rings is 2. The van der Waals surface area contributed by atoms with Gasteiger partial charge in [-0.15, -0.1) is 0 Å². The number of ether oxygens (including phenoxy) is 1. The fourth-order valence-electron chi connectivity index (χ4n) is 3.04. The lowest BCUT2D eigenvalue weighted by atomic mass is 10.0. The summed E-state index contributed by atoms with van der Waals surface area (Å²) < 4.78 is 19.5. The maximum atomic E-state index is 13.8. The largest absolute Gasteiger partial charge is 0.490 e. The van der Waals surface area contributed by atoms with Gasteiger partial charge in [-0.25, -0.2) is 4.39 Å². The predicted molar refractivity (Wildman–Crippen MR) is 97.9 cm³/mol. The highest BCUT2D eigenvalue weighted by Crippen LogP contribution is 2.31. The van der Waals surface area contributed by atoms with Crippen molar-refractivity contribution in [1.29, 1.82) is 0 Å². The molecule has 0 bridgehead atoms. The van der Waals surface area contributed by atoms with Crippen molar-refractivity contribution < 1.29 is 9.13 Å². The lowest BCUT2D eigenvalue weighted by Crippen LogP contribution is -2.29. The van der Waals surface area contributed by atoms with Gasteiger partial charge in [0.1, 0.15) is 18.0 Å². The summed E-state index contributed by atoms with van der Waals surface area (Å²) in [6.07, 6.45) is 2.24. The van der Waals surface area contributed by atoms with Gasteiger partial charge in [-0.3, -0.25) is 0 Å². The molecule has 0 radical (unpaired) electrons. The second-order valence-corrected chi connectivity index (χ2v) is 7.35. The average Bonchev–Trinajstić information content (AvgIpc) is 2.54. The maximum absolute atomic E-state index is 13.8. The minimum absolute atomic E-state index is 0.0260. The first-order valence-corrected chi connectivity index (χ1v) is 8.73. The minimum atomic E-state index is -1.37. The maximum Gasteiger partial charge on any atom is 0.139 e. The highest BCUT2D eigenvalue weighted by atomic mass is 35.5. The number of fused-ring (bicyclic) bond motifs is 1. The van der Waals surface area contributed by atoms with Crippen LogP contribution in [0.1, 0.15) is 31.4 Å². The SMILES string of the molecule is CC(C)(F)COc1ccc(Cl)cc1CN1CCCc2ccccc21. The zero-order chi connectivity index (χ0) is 17.2. The molecule has 0 amide bonds. The van der Waals surface area contributed by atoms with Crippen molar-refractivity contribution >= 4 is 17.3 Å². The quantitative estimate of drug-likeness (QED) is 0.716. The molecule has 3 rings (SSSR count). The Kier molecular flexibility index (Phi) is 5.00. The number of aryl methyl sites for hydroxylation is 1. The summed E-state index contributed by atoms with van der Waals surface area (Å²) in [6, 6.07) is 14.0. The monoisotopic (exact) mass is 347 g/mol. The molecule has 0 saturated carbocycles. The Labute approximate surface area is 148 Å². The van der Waals surface area contributed by atoms with Crippen molar-refractivity contribution in [3.8, 4) is 5.75 Å². The first-order valence-electron chi connectivity index (χ1n) is 8.35. The van der Waals surface area contributed by atoms with Crippen LogP contribution in [0.3, 0.4) is 0 Å². The molecule has 0 N–H and O–H groups in total. The Bertz CT molecular complexity index is 711. The van der Waals surface area contributed by atoms with E-state index in [0.29, 0.717) is 17.3 Å². The summed E-state index contributed by atoms with van der Waals surface area (Å²) in [4.78, 5) is 2.35. The van der Waals surface area contributed by atoms with Gasteiger partial charge in [0.2, 0.25) is 0 Å². The van der Waals surface area contributed by atoms with E-state index in [1.165, 1.54) is 25.1 Å². The second-order valence-electron chi connectivity index (χ2n) is 6.91. The van der Waals surface area contributed by atoms with Gasteiger partial charge in [0.25, 0.3) is 0 Å². The standard InChI is InChI=1S/C20H23ClFNO/c1-20(2,22)14-24-19-10-9-17(21)12-16(19)13-23-11-5-7-15-6-3-4-8-18(15)23/h3-4,6,8-10,12H,5,7,11,13-14H2,1-2H3. The van der Waals surface area contributed by atoms with Crippen molar-refractivity contribution in [2.24, 2.45) is 0 Å². The summed E-state index contributed by atoms with van der Waals surface area (Å²) in [5.74, 6) is 0.702. The second kappa shape index (κ2) is 7.02. The van der Waals surface area contributed by atoms with E-state index in [0.717, 1.165) is 24.9 Å². The van der Waals surface area contributed by atoms with Crippen LogP contribution >= 0.6 is 11.6 Å². The van der Waals surface area contributed by atoms with E-state index in [9.17, 15) is 4.39 Å². The lowest BCUT2D eigenvalue weighted by Gasteiger charge is -2.32. The van der Waals surface area contributed by atoms with Crippen LogP contribution in [0.2, 0.25) is 5.02 Å². The lowest BCUT2D eigenvalue weighted by molar-refractivity contribution is 0.120. The molecular weight excluding hydrogens is 325 g/mol. The van der Waals surface area contributed by atoms with E-state index < -0.39 is 5.67 Å². The first-order chi connectivity index (χ1) is 11.4. The van der Waals surface area contributed by atoms with Crippen molar-refractivity contribution in [2.75, 3.05) is 18.1 Å². The van der Waals surface area contributed by atoms with Gasteiger partial charge in [0, 0.05) is 29.4 Å². The molecule has 2 aromatic carbocycles. The molecule has 0 unspecified atom stereocenters. The fourth-order valence-corrected chi connectivity index (χ4v) is 3.24. The number of nitrogens with zero attached hydrogens (tertiary/aromatic N) is 1. The van der Waals surface area contributed by atoms with Crippen LogP contribution in [0.4, 0.5) is 10.1 Å². The van der Waals surface area contributed by atoms with Crippen LogP contribution in [0.15, 0.2) is 42.5 Å². The Balaban J connectivity index is 1.83. The van der Waals surface area contributed by atoms with Crippen molar-refractivity contribution in [3.05, 3.63) is 58.6 Å². The molecule has 24 heavy (non-hydrogen) atoms. The van der Waals surface area contributed by atoms with Crippen molar-refractivity contribution in [2.45, 2.75) is 38.9 Å². The smallest absolute Gasteiger partial charge is 0.139 e. The summed E-state index contributed by atoms with van der Waals surface area (Å²) >= 11 is 6.18. The summed E-state index contributed by atoms with van der Waals surface area (Å²) in [5.41, 5.74) is 2.26. The number of rotatable bonds is 5. The molecule has 1 aliphatic heterocycles. The topological polar surface area (TPSA) is 12.5 Å². The normalized spacial score (nSPS) is 14.4. The molecule has 0 aromatic heterocycles. The van der Waals surface area contributed by atoms with Gasteiger partial charge in [-0.1, -0.05) is 29.8 Å². The Morgan fingerprint density at radius 3 is 2.79 bits per heavy atom. The third kappa shape index (κ3) is 4.21. The van der Waals surface area contributed by atoms with E-state index in [1.807, 2.05) is 12.1 Å². The summed E-state index contributed by atoms with van der Waals surface area (Å²) in [5, 5.41) is 0.669. The number of alkyl halides is 1. The van der Waals surface area contributed by atoms with Crippen LogP contribution in [-0.4, -0.2) is 18.8 Å². The molecule has 0 spiro atoms. The van der Waals surface area contributed by atoms with E-state index in [2.05, 4.69) is 29.2 Å². The number of anilines is 1. The van der Waals surface area contributed by atoms with E-state index in [1.54, 1.807) is 6.07 Å². The number of halogens is 2. The summed E-state index contributed by atoms with van der Waals surface area (Å²) in [6.45, 7) is 4.77. The molecule has 0 aliphatic carbocycles. The zero-order valence-corrected chi connectivity index (χ0v) is 14.9. The first kappa shape index (κ1) is 17.1. The fraction of sp³-hybridized carbons (Fsp3) is 0.400. The van der Waals surface area contributed by atoms with Crippen LogP contribution in [0, 0.1) is 0 Å². The van der Waals surface area contributed by atoms with E-state index >= 15 is 0 Å². The van der Waals surface area contributed by atoms with Crippen LogP contribution < -0.4 is 9.64 Å². The average molecular weight is 348 g/mol. The van der Waals surface area contributed by atoms with Gasteiger partial charge in [-0.2, -0.15) is 0 Å². The van der Waals surface area contributed by atoms with Crippen LogP contribution in [0.5, 0.6) is 5.75 Å². The van der Waals surface area contributed by atoms with Gasteiger partial charge in [0.05, 0.1) is 0 Å². The molecule has 0 fully saturated rings. The van der Waals surface area contributed by atoms with Crippen LogP contribution in [-0.2, 0) is 13.0 Å². The molecule has 2 nitrogen and oxygen atoms in total. The van der Waals surface area contributed by atoms with E-state index in [-0.39, 0.29) is 6.61 Å². The molecule has 0 saturated heterocycles. The molecule has 1 aliphatic rings. The van der Waals surface area contributed by atoms with Crippen molar-refractivity contribution in [3.63, 3.8) is 0 Å². The third-order valence-corrected chi connectivity index (χ3v) is 4.40. The Hall–Kier alpha value is -1.74. The molecule has 128 valence electrons. The Morgan fingerprint density at radius 1 is 1.21 bits per heavy atom. The molecular formula is C20H23ClFNO. The highest BCUT2D eigenvalue weighted by Gasteiger charge is 2.20. The van der Waals surface area contributed by atoms with Gasteiger partial charge in [0.15, 0.2) is 0 Å². The van der Waals surface area contributed by atoms with Crippen molar-refractivity contribution in [1.82, 2.24) is 0 Å². The summed E-state index contributed by atoms with van der Waals surface area (Å²) in [7, 11) is 0.